The van der Waals surface area contributed by atoms with Gasteiger partial charge in [0.25, 0.3) is 0 Å². The lowest BCUT2D eigenvalue weighted by atomic mass is 10.1. The van der Waals surface area contributed by atoms with Crippen LogP contribution in [0, 0.1) is 13.8 Å². The fourth-order valence-electron chi connectivity index (χ4n) is 3.54. The van der Waals surface area contributed by atoms with Crippen molar-refractivity contribution in [1.29, 1.82) is 0 Å². The Morgan fingerprint density at radius 2 is 1.76 bits per heavy atom. The summed E-state index contributed by atoms with van der Waals surface area (Å²) in [6.45, 7) is 9.22. The molecule has 1 aliphatic heterocycles. The normalized spacial score (nSPS) is 15.9. The zero-order valence-electron chi connectivity index (χ0n) is 17.4. The fourth-order valence-corrected chi connectivity index (χ4v) is 3.54. The average Bonchev–Trinajstić information content (AvgIpc) is 3.24. The van der Waals surface area contributed by atoms with Gasteiger partial charge in [-0.05, 0) is 44.0 Å². The predicted octanol–water partition coefficient (Wildman–Crippen LogP) is 2.33. The van der Waals surface area contributed by atoms with Crippen molar-refractivity contribution >= 4 is 17.5 Å². The highest BCUT2D eigenvalue weighted by atomic mass is 16.3. The molecule has 0 aliphatic carbocycles. The van der Waals surface area contributed by atoms with Crippen LogP contribution in [0.1, 0.15) is 29.9 Å². The second-order valence-electron chi connectivity index (χ2n) is 7.59. The van der Waals surface area contributed by atoms with E-state index in [1.165, 1.54) is 0 Å². The summed E-state index contributed by atoms with van der Waals surface area (Å²) in [5.74, 6) is 0.872. The Morgan fingerprint density at radius 1 is 1.07 bits per heavy atom. The van der Waals surface area contributed by atoms with Crippen LogP contribution in [0.15, 0.2) is 41.0 Å². The molecule has 3 rings (SSSR count). The van der Waals surface area contributed by atoms with Gasteiger partial charge in [0.2, 0.25) is 11.8 Å². The number of benzene rings is 1. The molecule has 156 valence electrons. The molecule has 0 bridgehead atoms. The molecule has 2 N–H and O–H groups in total. The summed E-state index contributed by atoms with van der Waals surface area (Å²) in [7, 11) is 0. The number of nitrogens with zero attached hydrogens (tertiary/aromatic N) is 2. The average molecular weight is 399 g/mol. The van der Waals surface area contributed by atoms with Crippen molar-refractivity contribution in [3.8, 4) is 0 Å². The fraction of sp³-hybridized carbons (Fsp3) is 0.455. The first-order valence-electron chi connectivity index (χ1n) is 10.1. The van der Waals surface area contributed by atoms with Crippen LogP contribution in [0.3, 0.4) is 0 Å². The Morgan fingerprint density at radius 3 is 2.38 bits per heavy atom. The SMILES string of the molecule is Cc1cccc(C)c1NC(=O)CN1CCN(C(=O)CN[C@@H](C)c2ccco2)CC1. The standard InChI is InChI=1S/C22H30N4O3/c1-16-6-4-7-17(2)22(16)24-20(27)15-25-9-11-26(12-10-25)21(28)14-23-18(3)19-8-5-13-29-19/h4-8,13,18,23H,9-12,14-15H2,1-3H3,(H,24,27)/t18-/m0/s1. The smallest absolute Gasteiger partial charge is 0.238 e. The minimum atomic E-state index is -0.0175. The molecule has 1 atom stereocenters. The summed E-state index contributed by atoms with van der Waals surface area (Å²) >= 11 is 0. The lowest BCUT2D eigenvalue weighted by Crippen LogP contribution is -2.52. The van der Waals surface area contributed by atoms with Crippen LogP contribution in [-0.4, -0.2) is 60.9 Å². The number of furan rings is 1. The Bertz CT molecular complexity index is 806. The van der Waals surface area contributed by atoms with E-state index in [-0.39, 0.29) is 24.4 Å². The highest BCUT2D eigenvalue weighted by Crippen LogP contribution is 2.19. The number of anilines is 1. The van der Waals surface area contributed by atoms with Crippen LogP contribution in [0.4, 0.5) is 5.69 Å². The molecule has 7 nitrogen and oxygen atoms in total. The Kier molecular flexibility index (Phi) is 7.06. The van der Waals surface area contributed by atoms with E-state index in [0.29, 0.717) is 32.7 Å². The number of para-hydroxylation sites is 1. The zero-order chi connectivity index (χ0) is 20.8. The van der Waals surface area contributed by atoms with E-state index in [2.05, 4.69) is 15.5 Å². The molecule has 2 heterocycles. The molecular formula is C22H30N4O3. The molecule has 7 heteroatoms. The summed E-state index contributed by atoms with van der Waals surface area (Å²) < 4.78 is 5.35. The minimum Gasteiger partial charge on any atom is -0.468 e. The highest BCUT2D eigenvalue weighted by molar-refractivity contribution is 5.93. The van der Waals surface area contributed by atoms with Crippen molar-refractivity contribution in [2.45, 2.75) is 26.8 Å². The predicted molar refractivity (Wildman–Crippen MR) is 113 cm³/mol. The molecule has 2 amide bonds. The highest BCUT2D eigenvalue weighted by Gasteiger charge is 2.23. The van der Waals surface area contributed by atoms with E-state index in [4.69, 9.17) is 4.42 Å². The van der Waals surface area contributed by atoms with Gasteiger partial charge < -0.3 is 14.6 Å². The first-order valence-corrected chi connectivity index (χ1v) is 10.1. The largest absolute Gasteiger partial charge is 0.468 e. The van der Waals surface area contributed by atoms with E-state index in [0.717, 1.165) is 22.6 Å². The summed E-state index contributed by atoms with van der Waals surface area (Å²) in [6.07, 6.45) is 1.63. The molecule has 0 radical (unpaired) electrons. The number of carbonyl (C=O) groups is 2. The summed E-state index contributed by atoms with van der Waals surface area (Å²) in [4.78, 5) is 28.8. The molecule has 0 saturated carbocycles. The molecule has 0 unspecified atom stereocenters. The minimum absolute atomic E-state index is 0.0103. The lowest BCUT2D eigenvalue weighted by molar-refractivity contribution is -0.132. The van der Waals surface area contributed by atoms with Crippen LogP contribution in [0.25, 0.3) is 0 Å². The van der Waals surface area contributed by atoms with Gasteiger partial charge in [0.05, 0.1) is 25.4 Å². The number of piperazine rings is 1. The summed E-state index contributed by atoms with van der Waals surface area (Å²) in [5, 5.41) is 6.23. The zero-order valence-corrected chi connectivity index (χ0v) is 17.4. The van der Waals surface area contributed by atoms with Crippen molar-refractivity contribution in [3.63, 3.8) is 0 Å². The summed E-state index contributed by atoms with van der Waals surface area (Å²) in [6, 6.07) is 9.70. The van der Waals surface area contributed by atoms with Crippen LogP contribution < -0.4 is 10.6 Å². The maximum Gasteiger partial charge on any atom is 0.238 e. The van der Waals surface area contributed by atoms with Crippen LogP contribution in [0.5, 0.6) is 0 Å². The number of hydrogen-bond acceptors (Lipinski definition) is 5. The van der Waals surface area contributed by atoms with Gasteiger partial charge in [0, 0.05) is 31.9 Å². The van der Waals surface area contributed by atoms with Gasteiger partial charge in [0.15, 0.2) is 0 Å². The molecule has 0 spiro atoms. The monoisotopic (exact) mass is 398 g/mol. The van der Waals surface area contributed by atoms with Crippen LogP contribution in [0.2, 0.25) is 0 Å². The maximum absolute atomic E-state index is 12.5. The molecule has 1 aromatic carbocycles. The van der Waals surface area contributed by atoms with Crippen molar-refractivity contribution < 1.29 is 14.0 Å². The van der Waals surface area contributed by atoms with Gasteiger partial charge in [0.1, 0.15) is 5.76 Å². The van der Waals surface area contributed by atoms with Crippen molar-refractivity contribution in [1.82, 2.24) is 15.1 Å². The molecule has 1 aliphatic rings. The van der Waals surface area contributed by atoms with E-state index in [1.807, 2.05) is 56.0 Å². The van der Waals surface area contributed by atoms with Crippen LogP contribution >= 0.6 is 0 Å². The van der Waals surface area contributed by atoms with Gasteiger partial charge >= 0.3 is 0 Å². The number of hydrogen-bond donors (Lipinski definition) is 2. The van der Waals surface area contributed by atoms with Gasteiger partial charge in [-0.3, -0.25) is 19.8 Å². The van der Waals surface area contributed by atoms with Gasteiger partial charge in [-0.15, -0.1) is 0 Å². The summed E-state index contributed by atoms with van der Waals surface area (Å²) in [5.41, 5.74) is 3.01. The molecule has 29 heavy (non-hydrogen) atoms. The van der Waals surface area contributed by atoms with E-state index in [9.17, 15) is 9.59 Å². The molecule has 1 fully saturated rings. The molecular weight excluding hydrogens is 368 g/mol. The maximum atomic E-state index is 12.5. The second-order valence-corrected chi connectivity index (χ2v) is 7.59. The number of rotatable bonds is 7. The van der Waals surface area contributed by atoms with E-state index in [1.54, 1.807) is 6.26 Å². The third kappa shape index (κ3) is 5.68. The quantitative estimate of drug-likeness (QED) is 0.749. The number of aryl methyl sites for hydroxylation is 2. The number of amides is 2. The first-order chi connectivity index (χ1) is 13.9. The van der Waals surface area contributed by atoms with Gasteiger partial charge in [-0.1, -0.05) is 18.2 Å². The van der Waals surface area contributed by atoms with Crippen molar-refractivity contribution in [2.24, 2.45) is 0 Å². The first kappa shape index (κ1) is 21.1. The Labute approximate surface area is 172 Å². The molecule has 1 saturated heterocycles. The lowest BCUT2D eigenvalue weighted by Gasteiger charge is -2.34. The van der Waals surface area contributed by atoms with E-state index < -0.39 is 0 Å². The molecule has 2 aromatic rings. The Balaban J connectivity index is 1.40. The van der Waals surface area contributed by atoms with Crippen molar-refractivity contribution in [2.75, 3.05) is 44.6 Å². The third-order valence-electron chi connectivity index (χ3n) is 5.37. The number of nitrogens with one attached hydrogen (secondary N) is 2. The Hall–Kier alpha value is -2.64. The van der Waals surface area contributed by atoms with E-state index >= 15 is 0 Å². The second kappa shape index (κ2) is 9.71. The number of carbonyl (C=O) groups excluding carboxylic acids is 2. The molecule has 1 aromatic heterocycles. The van der Waals surface area contributed by atoms with Gasteiger partial charge in [-0.25, -0.2) is 0 Å². The van der Waals surface area contributed by atoms with Crippen molar-refractivity contribution in [3.05, 3.63) is 53.5 Å². The topological polar surface area (TPSA) is 77.8 Å². The van der Waals surface area contributed by atoms with Gasteiger partial charge in [-0.2, -0.15) is 0 Å². The van der Waals surface area contributed by atoms with Crippen LogP contribution in [-0.2, 0) is 9.59 Å². The third-order valence-corrected chi connectivity index (χ3v) is 5.37.